The summed E-state index contributed by atoms with van der Waals surface area (Å²) >= 11 is 0. The number of carbonyl (C=O) groups excluding carboxylic acids is 1. The molecule has 190 valence electrons. The van der Waals surface area contributed by atoms with E-state index in [1.54, 1.807) is 76.3 Å². The molecular weight excluding hydrogens is 472 g/mol. The predicted molar refractivity (Wildman–Crippen MR) is 138 cm³/mol. The van der Waals surface area contributed by atoms with Gasteiger partial charge in [-0.05, 0) is 49.4 Å². The molecule has 9 nitrogen and oxygen atoms in total. The van der Waals surface area contributed by atoms with Crippen molar-refractivity contribution in [1.82, 2.24) is 15.0 Å². The number of para-hydroxylation sites is 1. The highest BCUT2D eigenvalue weighted by Gasteiger charge is 2.42. The second-order valence-electron chi connectivity index (χ2n) is 8.23. The molecule has 0 saturated carbocycles. The van der Waals surface area contributed by atoms with Crippen molar-refractivity contribution in [1.29, 1.82) is 0 Å². The fraction of sp³-hybridized carbons (Fsp3) is 0.214. The van der Waals surface area contributed by atoms with Crippen LogP contribution in [0.25, 0.3) is 11.3 Å². The van der Waals surface area contributed by atoms with Crippen LogP contribution in [0.2, 0.25) is 0 Å². The molecule has 0 spiro atoms. The van der Waals surface area contributed by atoms with Gasteiger partial charge in [0.05, 0.1) is 18.5 Å². The third-order valence-corrected chi connectivity index (χ3v) is 5.94. The molecule has 0 amide bonds. The van der Waals surface area contributed by atoms with Crippen LogP contribution < -0.4 is 10.1 Å². The third kappa shape index (κ3) is 5.91. The predicted octanol–water partition coefficient (Wildman–Crippen LogP) is 4.33. The van der Waals surface area contributed by atoms with Crippen LogP contribution in [0.1, 0.15) is 6.92 Å². The molecule has 1 aromatic carbocycles. The summed E-state index contributed by atoms with van der Waals surface area (Å²) in [5.41, 5.74) is 1.64. The number of hydrogen-bond acceptors (Lipinski definition) is 9. The minimum atomic E-state index is -0.862. The number of ether oxygens (including phenoxy) is 4. The lowest BCUT2D eigenvalue weighted by atomic mass is 9.87. The van der Waals surface area contributed by atoms with E-state index in [4.69, 9.17) is 18.9 Å². The molecule has 9 heteroatoms. The number of hydrogen-bond donors (Lipinski definition) is 1. The maximum atomic E-state index is 12.9. The topological polar surface area (TPSA) is 105 Å². The van der Waals surface area contributed by atoms with Gasteiger partial charge < -0.3 is 24.3 Å². The molecule has 0 aliphatic heterocycles. The Morgan fingerprint density at radius 2 is 1.86 bits per heavy atom. The molecule has 0 unspecified atom stereocenters. The van der Waals surface area contributed by atoms with Crippen LogP contribution in [0.3, 0.4) is 0 Å². The van der Waals surface area contributed by atoms with Crippen LogP contribution >= 0.6 is 0 Å². The van der Waals surface area contributed by atoms with Gasteiger partial charge in [0, 0.05) is 50.0 Å². The number of rotatable bonds is 9. The highest BCUT2D eigenvalue weighted by Crippen LogP contribution is 2.35. The van der Waals surface area contributed by atoms with E-state index in [1.165, 1.54) is 6.08 Å². The van der Waals surface area contributed by atoms with Crippen molar-refractivity contribution in [2.45, 2.75) is 18.6 Å². The van der Waals surface area contributed by atoms with Gasteiger partial charge in [0.1, 0.15) is 17.6 Å². The minimum Gasteiger partial charge on any atom is -0.498 e. The average molecular weight is 501 g/mol. The lowest BCUT2D eigenvalue weighted by Crippen LogP contribution is -2.45. The Balaban J connectivity index is 1.73. The first-order valence-corrected chi connectivity index (χ1v) is 11.5. The summed E-state index contributed by atoms with van der Waals surface area (Å²) in [5.74, 6) is 0.640. The molecule has 0 radical (unpaired) electrons. The van der Waals surface area contributed by atoms with Gasteiger partial charge in [-0.3, -0.25) is 4.98 Å². The Bertz CT molecular complexity index is 1320. The first-order valence-electron chi connectivity index (χ1n) is 11.5. The van der Waals surface area contributed by atoms with E-state index >= 15 is 0 Å². The zero-order chi connectivity index (χ0) is 26.3. The van der Waals surface area contributed by atoms with Crippen LogP contribution in [0.15, 0.2) is 102 Å². The second kappa shape index (κ2) is 11.6. The fourth-order valence-electron chi connectivity index (χ4n) is 3.89. The molecule has 1 aliphatic rings. The highest BCUT2D eigenvalue weighted by molar-refractivity contribution is 5.86. The van der Waals surface area contributed by atoms with E-state index in [9.17, 15) is 4.79 Å². The first-order chi connectivity index (χ1) is 18.0. The van der Waals surface area contributed by atoms with Crippen molar-refractivity contribution in [3.05, 3.63) is 102 Å². The Labute approximate surface area is 215 Å². The standard InChI is InChI=1S/C28H28N4O5/c1-28(36-4)24(34-2)15-20(16-25(28)35-3)23(17-26(33)37-21-10-6-5-7-11-21)32-27-30-14-12-22(31-27)19-9-8-13-29-18-19/h5-18,24H,1-4H3,(H,30,31,32)/b23-17+/t24-,28-/m1/s1. The van der Waals surface area contributed by atoms with Crippen molar-refractivity contribution in [3.63, 3.8) is 0 Å². The van der Waals surface area contributed by atoms with Crippen molar-refractivity contribution in [2.24, 2.45) is 0 Å². The number of benzene rings is 1. The lowest BCUT2D eigenvalue weighted by molar-refractivity contribution is -0.129. The SMILES string of the molecule is COC1=CC(/C(=C\C(=O)Oc2ccccc2)Nc2nccc(-c3cccnc3)n2)=C[C@@H](OC)[C@@]1(C)OC. The van der Waals surface area contributed by atoms with E-state index in [2.05, 4.69) is 20.3 Å². The van der Waals surface area contributed by atoms with E-state index in [0.717, 1.165) is 5.56 Å². The number of carbonyl (C=O) groups is 1. The molecule has 0 fully saturated rings. The summed E-state index contributed by atoms with van der Waals surface area (Å²) < 4.78 is 22.6. The molecule has 1 aliphatic carbocycles. The van der Waals surface area contributed by atoms with Gasteiger partial charge in [0.15, 0.2) is 5.60 Å². The van der Waals surface area contributed by atoms with Crippen LogP contribution in [0.5, 0.6) is 5.75 Å². The van der Waals surface area contributed by atoms with Crippen LogP contribution in [-0.2, 0) is 19.0 Å². The van der Waals surface area contributed by atoms with Gasteiger partial charge in [-0.25, -0.2) is 14.8 Å². The molecule has 0 bridgehead atoms. The van der Waals surface area contributed by atoms with Gasteiger partial charge in [0.25, 0.3) is 0 Å². The van der Waals surface area contributed by atoms with E-state index in [0.29, 0.717) is 28.5 Å². The molecule has 2 atom stereocenters. The second-order valence-corrected chi connectivity index (χ2v) is 8.23. The molecule has 2 aromatic heterocycles. The van der Waals surface area contributed by atoms with E-state index in [1.807, 2.05) is 31.2 Å². The highest BCUT2D eigenvalue weighted by atomic mass is 16.6. The number of allylic oxidation sites excluding steroid dienone is 1. The Morgan fingerprint density at radius 1 is 1.05 bits per heavy atom. The Kier molecular flexibility index (Phi) is 8.07. The summed E-state index contributed by atoms with van der Waals surface area (Å²) in [6, 6.07) is 14.3. The third-order valence-electron chi connectivity index (χ3n) is 5.94. The molecule has 4 rings (SSSR count). The van der Waals surface area contributed by atoms with Crippen molar-refractivity contribution >= 4 is 11.9 Å². The van der Waals surface area contributed by atoms with Crippen molar-refractivity contribution in [2.75, 3.05) is 26.6 Å². The number of nitrogens with zero attached hydrogens (tertiary/aromatic N) is 3. The monoisotopic (exact) mass is 500 g/mol. The van der Waals surface area contributed by atoms with Crippen molar-refractivity contribution < 1.29 is 23.7 Å². The molecule has 0 saturated heterocycles. The average Bonchev–Trinajstić information content (AvgIpc) is 2.94. The van der Waals surface area contributed by atoms with Crippen LogP contribution in [-0.4, -0.2) is 54.0 Å². The quantitative estimate of drug-likeness (QED) is 0.261. The molecular formula is C28H28N4O5. The zero-order valence-electron chi connectivity index (χ0n) is 21.0. The fourth-order valence-corrected chi connectivity index (χ4v) is 3.89. The largest absolute Gasteiger partial charge is 0.498 e. The summed E-state index contributed by atoms with van der Waals surface area (Å²) in [4.78, 5) is 26.0. The maximum absolute atomic E-state index is 12.9. The number of methoxy groups -OCH3 is 3. The Morgan fingerprint density at radius 3 is 2.54 bits per heavy atom. The summed E-state index contributed by atoms with van der Waals surface area (Å²) in [5, 5.41) is 3.16. The molecule has 37 heavy (non-hydrogen) atoms. The number of anilines is 1. The van der Waals surface area contributed by atoms with E-state index < -0.39 is 17.7 Å². The normalized spacial score (nSPS) is 19.5. The lowest BCUT2D eigenvalue weighted by Gasteiger charge is -2.38. The number of esters is 1. The Hall–Kier alpha value is -4.34. The number of pyridine rings is 1. The van der Waals surface area contributed by atoms with Gasteiger partial charge in [-0.1, -0.05) is 18.2 Å². The molecule has 3 aromatic rings. The first kappa shape index (κ1) is 25.7. The van der Waals surface area contributed by atoms with Gasteiger partial charge in [-0.15, -0.1) is 0 Å². The zero-order valence-corrected chi connectivity index (χ0v) is 21.0. The molecule has 1 N–H and O–H groups in total. The number of aromatic nitrogens is 3. The minimum absolute atomic E-state index is 0.280. The van der Waals surface area contributed by atoms with Crippen LogP contribution in [0.4, 0.5) is 5.95 Å². The summed E-state index contributed by atoms with van der Waals surface area (Å²) in [6.07, 6.45) is 9.48. The van der Waals surface area contributed by atoms with Crippen molar-refractivity contribution in [3.8, 4) is 17.0 Å². The van der Waals surface area contributed by atoms with Gasteiger partial charge >= 0.3 is 5.97 Å². The van der Waals surface area contributed by atoms with E-state index in [-0.39, 0.29) is 5.95 Å². The van der Waals surface area contributed by atoms with Crippen LogP contribution in [0, 0.1) is 0 Å². The summed E-state index contributed by atoms with van der Waals surface area (Å²) in [6.45, 7) is 1.87. The van der Waals surface area contributed by atoms with Gasteiger partial charge in [0.2, 0.25) is 5.95 Å². The maximum Gasteiger partial charge on any atom is 0.338 e. The molecule has 2 heterocycles. The summed E-state index contributed by atoms with van der Waals surface area (Å²) in [7, 11) is 4.72. The smallest absolute Gasteiger partial charge is 0.338 e. The van der Waals surface area contributed by atoms with Gasteiger partial charge in [-0.2, -0.15) is 0 Å². The number of nitrogens with one attached hydrogen (secondary N) is 1.